The van der Waals surface area contributed by atoms with Crippen LogP contribution in [-0.4, -0.2) is 38.4 Å². The lowest BCUT2D eigenvalue weighted by molar-refractivity contribution is 0.0215. The Morgan fingerprint density at radius 2 is 2.08 bits per heavy atom. The van der Waals surface area contributed by atoms with Crippen LogP contribution >= 0.6 is 0 Å². The van der Waals surface area contributed by atoms with Crippen molar-refractivity contribution in [1.29, 1.82) is 0 Å². The number of halogens is 1. The summed E-state index contributed by atoms with van der Waals surface area (Å²) < 4.78 is 19.8. The average molecular weight is 334 g/mol. The number of nitrogens with zero attached hydrogens (tertiary/aromatic N) is 4. The van der Waals surface area contributed by atoms with Crippen molar-refractivity contribution in [2.75, 3.05) is 7.05 Å². The molecule has 2 aromatic heterocycles. The van der Waals surface area contributed by atoms with Gasteiger partial charge in [-0.25, -0.2) is 18.9 Å². The normalized spacial score (nSPS) is 12.8. The zero-order valence-electron chi connectivity index (χ0n) is 14.7. The molecule has 0 unspecified atom stereocenters. The minimum Gasteiger partial charge on any atom is -0.444 e. The lowest BCUT2D eigenvalue weighted by Gasteiger charge is -2.30. The summed E-state index contributed by atoms with van der Waals surface area (Å²) in [5.74, 6) is 0.0920. The summed E-state index contributed by atoms with van der Waals surface area (Å²) >= 11 is 0. The van der Waals surface area contributed by atoms with Crippen LogP contribution in [-0.2, 0) is 4.74 Å². The largest absolute Gasteiger partial charge is 0.444 e. The molecule has 0 aromatic carbocycles. The van der Waals surface area contributed by atoms with Gasteiger partial charge in [-0.1, -0.05) is 13.0 Å². The summed E-state index contributed by atoms with van der Waals surface area (Å²) in [7, 11) is 1.71. The topological polar surface area (TPSA) is 60.2 Å². The van der Waals surface area contributed by atoms with Crippen molar-refractivity contribution in [3.63, 3.8) is 0 Å². The molecule has 2 aromatic rings. The predicted octanol–water partition coefficient (Wildman–Crippen LogP) is 3.72. The van der Waals surface area contributed by atoms with Gasteiger partial charge in [0.05, 0.1) is 18.4 Å². The Labute approximate surface area is 141 Å². The molecule has 0 spiro atoms. The number of carbonyl (C=O) groups is 1. The van der Waals surface area contributed by atoms with Gasteiger partial charge in [0.15, 0.2) is 11.6 Å². The van der Waals surface area contributed by atoms with Crippen molar-refractivity contribution >= 4 is 6.09 Å². The molecule has 6 nitrogen and oxygen atoms in total. The maximum atomic E-state index is 13.0. The molecule has 0 aliphatic heterocycles. The van der Waals surface area contributed by atoms with Gasteiger partial charge in [-0.05, 0) is 38.8 Å². The lowest BCUT2D eigenvalue weighted by atomic mass is 10.1. The van der Waals surface area contributed by atoms with E-state index in [2.05, 4.69) is 10.1 Å². The maximum Gasteiger partial charge on any atom is 0.410 e. The van der Waals surface area contributed by atoms with Crippen molar-refractivity contribution in [2.24, 2.45) is 0 Å². The number of pyridine rings is 1. The zero-order chi connectivity index (χ0) is 17.9. The first kappa shape index (κ1) is 17.9. The van der Waals surface area contributed by atoms with E-state index in [1.54, 1.807) is 24.2 Å². The van der Waals surface area contributed by atoms with E-state index in [4.69, 9.17) is 4.74 Å². The van der Waals surface area contributed by atoms with Crippen LogP contribution in [0.2, 0.25) is 0 Å². The summed E-state index contributed by atoms with van der Waals surface area (Å²) in [6.07, 6.45) is 4.39. The van der Waals surface area contributed by atoms with Gasteiger partial charge in [-0.15, -0.1) is 0 Å². The summed E-state index contributed by atoms with van der Waals surface area (Å²) in [6.45, 7) is 7.49. The highest BCUT2D eigenvalue weighted by molar-refractivity contribution is 5.68. The summed E-state index contributed by atoms with van der Waals surface area (Å²) in [5, 5.41) is 3.88. The summed E-state index contributed by atoms with van der Waals surface area (Å²) in [6, 6.07) is 3.44. The third kappa shape index (κ3) is 4.31. The smallest absolute Gasteiger partial charge is 0.410 e. The van der Waals surface area contributed by atoms with Gasteiger partial charge in [0.2, 0.25) is 0 Å². The molecular formula is C17H23FN4O2. The van der Waals surface area contributed by atoms with E-state index in [1.165, 1.54) is 10.9 Å². The SMILES string of the molecule is CC[C@@H](c1ccc(-n2cc(F)cn2)nc1)N(C)C(=O)OC(C)(C)C. The van der Waals surface area contributed by atoms with Crippen molar-refractivity contribution in [3.05, 3.63) is 42.1 Å². The third-order valence-corrected chi connectivity index (χ3v) is 3.48. The quantitative estimate of drug-likeness (QED) is 0.855. The van der Waals surface area contributed by atoms with Crippen LogP contribution in [0.15, 0.2) is 30.7 Å². The van der Waals surface area contributed by atoms with Crippen molar-refractivity contribution in [3.8, 4) is 5.82 Å². The number of hydrogen-bond acceptors (Lipinski definition) is 4. The highest BCUT2D eigenvalue weighted by atomic mass is 19.1. The Hall–Kier alpha value is -2.44. The Morgan fingerprint density at radius 1 is 1.38 bits per heavy atom. The molecular weight excluding hydrogens is 311 g/mol. The highest BCUT2D eigenvalue weighted by Crippen LogP contribution is 2.24. The predicted molar refractivity (Wildman–Crippen MR) is 88.3 cm³/mol. The summed E-state index contributed by atoms with van der Waals surface area (Å²) in [4.78, 5) is 18.1. The number of aromatic nitrogens is 3. The molecule has 0 aliphatic carbocycles. The number of ether oxygens (including phenoxy) is 1. The van der Waals surface area contributed by atoms with Crippen molar-refractivity contribution in [2.45, 2.75) is 45.8 Å². The Bertz CT molecular complexity index is 691. The molecule has 0 radical (unpaired) electrons. The molecule has 0 bridgehead atoms. The Morgan fingerprint density at radius 3 is 2.54 bits per heavy atom. The van der Waals surface area contributed by atoms with Gasteiger partial charge in [-0.2, -0.15) is 5.10 Å². The van der Waals surface area contributed by atoms with Crippen LogP contribution < -0.4 is 0 Å². The third-order valence-electron chi connectivity index (χ3n) is 3.48. The van der Waals surface area contributed by atoms with Gasteiger partial charge in [-0.3, -0.25) is 0 Å². The van der Waals surface area contributed by atoms with Gasteiger partial charge < -0.3 is 9.64 Å². The molecule has 0 aliphatic rings. The van der Waals surface area contributed by atoms with E-state index < -0.39 is 11.4 Å². The number of rotatable bonds is 4. The average Bonchev–Trinajstić information content (AvgIpc) is 2.93. The molecule has 0 saturated carbocycles. The fourth-order valence-electron chi connectivity index (χ4n) is 2.35. The van der Waals surface area contributed by atoms with Crippen LogP contribution in [0.25, 0.3) is 5.82 Å². The van der Waals surface area contributed by atoms with E-state index in [-0.39, 0.29) is 12.1 Å². The molecule has 24 heavy (non-hydrogen) atoms. The first-order valence-corrected chi connectivity index (χ1v) is 7.83. The maximum absolute atomic E-state index is 13.0. The van der Waals surface area contributed by atoms with Gasteiger partial charge in [0.25, 0.3) is 0 Å². The van der Waals surface area contributed by atoms with E-state index in [1.807, 2.05) is 33.8 Å². The molecule has 2 heterocycles. The summed E-state index contributed by atoms with van der Waals surface area (Å²) in [5.41, 5.74) is 0.331. The van der Waals surface area contributed by atoms with E-state index in [9.17, 15) is 9.18 Å². The monoisotopic (exact) mass is 334 g/mol. The van der Waals surface area contributed by atoms with E-state index in [0.717, 1.165) is 11.8 Å². The standard InChI is InChI=1S/C17H23FN4O2/c1-6-14(21(5)16(23)24-17(2,3)4)12-7-8-15(19-9-12)22-11-13(18)10-20-22/h7-11,14H,6H2,1-5H3/t14-/m0/s1. The van der Waals surface area contributed by atoms with Crippen molar-refractivity contribution < 1.29 is 13.9 Å². The molecule has 2 rings (SSSR count). The van der Waals surface area contributed by atoms with Gasteiger partial charge >= 0.3 is 6.09 Å². The van der Waals surface area contributed by atoms with Crippen LogP contribution in [0.1, 0.15) is 45.7 Å². The first-order valence-electron chi connectivity index (χ1n) is 7.83. The number of amides is 1. The molecule has 1 atom stereocenters. The Balaban J connectivity index is 2.17. The fourth-order valence-corrected chi connectivity index (χ4v) is 2.35. The second-order valence-corrected chi connectivity index (χ2v) is 6.57. The fraction of sp³-hybridized carbons (Fsp3) is 0.471. The van der Waals surface area contributed by atoms with Gasteiger partial charge in [0.1, 0.15) is 5.60 Å². The highest BCUT2D eigenvalue weighted by Gasteiger charge is 2.25. The minimum absolute atomic E-state index is 0.157. The lowest BCUT2D eigenvalue weighted by Crippen LogP contribution is -2.36. The van der Waals surface area contributed by atoms with Crippen LogP contribution in [0.4, 0.5) is 9.18 Å². The molecule has 0 N–H and O–H groups in total. The minimum atomic E-state index is -0.546. The van der Waals surface area contributed by atoms with E-state index >= 15 is 0 Å². The van der Waals surface area contributed by atoms with Crippen LogP contribution in [0.5, 0.6) is 0 Å². The van der Waals surface area contributed by atoms with Crippen LogP contribution in [0, 0.1) is 5.82 Å². The molecule has 0 saturated heterocycles. The number of carbonyl (C=O) groups excluding carboxylic acids is 1. The second kappa shape index (κ2) is 6.98. The first-order chi connectivity index (χ1) is 11.2. The Kier molecular flexibility index (Phi) is 5.21. The van der Waals surface area contributed by atoms with E-state index in [0.29, 0.717) is 12.2 Å². The second-order valence-electron chi connectivity index (χ2n) is 6.57. The number of hydrogen-bond donors (Lipinski definition) is 0. The van der Waals surface area contributed by atoms with Crippen molar-refractivity contribution in [1.82, 2.24) is 19.7 Å². The molecule has 1 amide bonds. The zero-order valence-corrected chi connectivity index (χ0v) is 14.7. The van der Waals surface area contributed by atoms with Gasteiger partial charge in [0, 0.05) is 13.2 Å². The van der Waals surface area contributed by atoms with Crippen LogP contribution in [0.3, 0.4) is 0 Å². The molecule has 7 heteroatoms. The molecule has 130 valence electrons. The molecule has 0 fully saturated rings.